The van der Waals surface area contributed by atoms with E-state index < -0.39 is 22.9 Å². The SMILES string of the molecule is CC(C)[C@]12O[C@H]1[C@@H]1O[C@]13[C@]1(O[C@H]1C[C@H]1c4cocc4CC[C@@]13C)[C@@H]2O. The third-order valence-electron chi connectivity index (χ3n) is 8.86. The molecular formula is C20H24O5. The second-order valence-corrected chi connectivity index (χ2v) is 9.68. The Bertz CT molecular complexity index is 817. The molecule has 0 bridgehead atoms. The number of aryl methyl sites for hydroxylation is 1. The number of furan rings is 1. The molecule has 0 amide bonds. The van der Waals surface area contributed by atoms with Crippen molar-refractivity contribution in [3.05, 3.63) is 23.7 Å². The van der Waals surface area contributed by atoms with Gasteiger partial charge in [0.25, 0.3) is 0 Å². The third kappa shape index (κ3) is 1.12. The summed E-state index contributed by atoms with van der Waals surface area (Å²) in [5.74, 6) is 0.629. The number of fused-ring (bicyclic) bond motifs is 5. The molecule has 9 atom stereocenters. The number of ether oxygens (including phenoxy) is 3. The summed E-state index contributed by atoms with van der Waals surface area (Å²) >= 11 is 0. The zero-order valence-corrected chi connectivity index (χ0v) is 14.8. The van der Waals surface area contributed by atoms with Crippen molar-refractivity contribution in [2.24, 2.45) is 11.3 Å². The van der Waals surface area contributed by atoms with E-state index in [4.69, 9.17) is 18.6 Å². The lowest BCUT2D eigenvalue weighted by atomic mass is 9.47. The van der Waals surface area contributed by atoms with Crippen LogP contribution in [0.3, 0.4) is 0 Å². The van der Waals surface area contributed by atoms with Gasteiger partial charge in [-0.05, 0) is 42.2 Å². The maximum absolute atomic E-state index is 11.4. The van der Waals surface area contributed by atoms with E-state index in [0.717, 1.165) is 19.3 Å². The van der Waals surface area contributed by atoms with Crippen molar-refractivity contribution in [2.45, 2.75) is 87.2 Å². The van der Waals surface area contributed by atoms with E-state index in [1.54, 1.807) is 0 Å². The van der Waals surface area contributed by atoms with Crippen LogP contribution in [-0.4, -0.2) is 46.3 Å². The minimum absolute atomic E-state index is 0.0132. The van der Waals surface area contributed by atoms with Crippen LogP contribution in [0.5, 0.6) is 0 Å². The number of epoxide rings is 3. The molecule has 0 unspecified atom stereocenters. The predicted molar refractivity (Wildman–Crippen MR) is 86.2 cm³/mol. The van der Waals surface area contributed by atoms with Crippen molar-refractivity contribution in [1.82, 2.24) is 0 Å². The molecule has 3 saturated heterocycles. The first-order valence-corrected chi connectivity index (χ1v) is 9.70. The van der Waals surface area contributed by atoms with Crippen LogP contribution >= 0.6 is 0 Å². The Balaban J connectivity index is 1.41. The van der Waals surface area contributed by atoms with Gasteiger partial charge < -0.3 is 23.7 Å². The average Bonchev–Trinajstić information content (AvgIpc) is 3.46. The summed E-state index contributed by atoms with van der Waals surface area (Å²) in [6.45, 7) is 6.63. The van der Waals surface area contributed by atoms with Crippen molar-refractivity contribution in [2.75, 3.05) is 0 Å². The summed E-state index contributed by atoms with van der Waals surface area (Å²) in [7, 11) is 0. The van der Waals surface area contributed by atoms with Crippen molar-refractivity contribution >= 4 is 0 Å². The Morgan fingerprint density at radius 2 is 2.00 bits per heavy atom. The molecule has 6 aliphatic rings. The van der Waals surface area contributed by atoms with Crippen molar-refractivity contribution in [1.29, 1.82) is 0 Å². The Hall–Kier alpha value is -0.880. The van der Waals surface area contributed by atoms with E-state index in [9.17, 15) is 5.11 Å². The molecule has 1 aromatic rings. The van der Waals surface area contributed by atoms with Gasteiger partial charge in [-0.1, -0.05) is 20.8 Å². The zero-order valence-electron chi connectivity index (χ0n) is 14.8. The van der Waals surface area contributed by atoms with E-state index in [-0.39, 0.29) is 29.6 Å². The smallest absolute Gasteiger partial charge is 0.155 e. The molecule has 134 valence electrons. The van der Waals surface area contributed by atoms with E-state index in [1.165, 1.54) is 11.1 Å². The first-order valence-electron chi connectivity index (χ1n) is 9.70. The van der Waals surface area contributed by atoms with Gasteiger partial charge in [-0.3, -0.25) is 0 Å². The molecule has 3 aliphatic carbocycles. The summed E-state index contributed by atoms with van der Waals surface area (Å²) < 4.78 is 24.6. The topological polar surface area (TPSA) is 71.0 Å². The van der Waals surface area contributed by atoms with Crippen LogP contribution in [0, 0.1) is 11.3 Å². The number of hydrogen-bond acceptors (Lipinski definition) is 5. The Morgan fingerprint density at radius 1 is 1.16 bits per heavy atom. The lowest BCUT2D eigenvalue weighted by Crippen LogP contribution is -2.68. The van der Waals surface area contributed by atoms with Crippen LogP contribution in [0.25, 0.3) is 0 Å². The van der Waals surface area contributed by atoms with Crippen LogP contribution in [0.15, 0.2) is 16.9 Å². The highest BCUT2D eigenvalue weighted by Gasteiger charge is 3.00. The Kier molecular flexibility index (Phi) is 2.04. The fraction of sp³-hybridized carbons (Fsp3) is 0.800. The van der Waals surface area contributed by atoms with Gasteiger partial charge >= 0.3 is 0 Å². The maximum atomic E-state index is 11.4. The third-order valence-corrected chi connectivity index (χ3v) is 8.86. The van der Waals surface area contributed by atoms with Crippen LogP contribution in [0.1, 0.15) is 50.7 Å². The Morgan fingerprint density at radius 3 is 2.80 bits per heavy atom. The molecule has 0 aromatic carbocycles. The summed E-state index contributed by atoms with van der Waals surface area (Å²) in [5.41, 5.74) is 1.17. The molecule has 5 heteroatoms. The summed E-state index contributed by atoms with van der Waals surface area (Å²) in [5, 5.41) is 11.4. The summed E-state index contributed by atoms with van der Waals surface area (Å²) in [6.07, 6.45) is 6.36. The highest BCUT2D eigenvalue weighted by atomic mass is 16.7. The second-order valence-electron chi connectivity index (χ2n) is 9.68. The van der Waals surface area contributed by atoms with E-state index in [2.05, 4.69) is 20.8 Å². The van der Waals surface area contributed by atoms with Crippen molar-refractivity contribution in [3.63, 3.8) is 0 Å². The molecule has 2 spiro atoms. The fourth-order valence-corrected chi connectivity index (χ4v) is 7.48. The van der Waals surface area contributed by atoms with E-state index in [0.29, 0.717) is 5.92 Å². The van der Waals surface area contributed by atoms with Crippen LogP contribution in [0.4, 0.5) is 0 Å². The quantitative estimate of drug-likeness (QED) is 0.791. The lowest BCUT2D eigenvalue weighted by molar-refractivity contribution is -0.0920. The molecular weight excluding hydrogens is 320 g/mol. The number of rotatable bonds is 1. The number of aliphatic hydroxyl groups excluding tert-OH is 1. The van der Waals surface area contributed by atoms with Crippen molar-refractivity contribution < 1.29 is 23.7 Å². The molecule has 4 heterocycles. The minimum Gasteiger partial charge on any atom is -0.472 e. The van der Waals surface area contributed by atoms with Crippen LogP contribution in [-0.2, 0) is 20.6 Å². The maximum Gasteiger partial charge on any atom is 0.155 e. The first-order chi connectivity index (χ1) is 11.9. The number of aliphatic hydroxyl groups is 1. The van der Waals surface area contributed by atoms with Gasteiger partial charge in [0, 0.05) is 5.41 Å². The standard InChI is InChI=1S/C20H24O5/c1-9(2)18-14(24-18)15-20(25-15)17(3)5-4-10-7-22-8-11(10)12(17)6-13-19(20,23-13)16(18)21/h7-9,12-16,21H,4-6H2,1-3H3/t12-,13-,14-,15-,16+,17-,18-,19+,20+/m0/s1. The highest BCUT2D eigenvalue weighted by molar-refractivity contribution is 5.50. The molecule has 1 aromatic heterocycles. The van der Waals surface area contributed by atoms with Crippen LogP contribution < -0.4 is 0 Å². The van der Waals surface area contributed by atoms with Gasteiger partial charge in [-0.25, -0.2) is 0 Å². The van der Waals surface area contributed by atoms with Crippen LogP contribution in [0.2, 0.25) is 0 Å². The molecule has 5 nitrogen and oxygen atoms in total. The molecule has 25 heavy (non-hydrogen) atoms. The van der Waals surface area contributed by atoms with Crippen molar-refractivity contribution in [3.8, 4) is 0 Å². The van der Waals surface area contributed by atoms with E-state index in [1.807, 2.05) is 12.5 Å². The molecule has 3 aliphatic heterocycles. The Labute approximate surface area is 146 Å². The first kappa shape index (κ1) is 14.2. The highest BCUT2D eigenvalue weighted by Crippen LogP contribution is 2.83. The molecule has 7 rings (SSSR count). The molecule has 2 saturated carbocycles. The van der Waals surface area contributed by atoms with E-state index >= 15 is 0 Å². The molecule has 0 radical (unpaired) electrons. The van der Waals surface area contributed by atoms with Gasteiger partial charge in [0.15, 0.2) is 5.60 Å². The molecule has 1 N–H and O–H groups in total. The summed E-state index contributed by atoms with van der Waals surface area (Å²) in [6, 6.07) is 0. The number of hydrogen-bond donors (Lipinski definition) is 1. The predicted octanol–water partition coefficient (Wildman–Crippen LogP) is 2.16. The largest absolute Gasteiger partial charge is 0.472 e. The van der Waals surface area contributed by atoms with Gasteiger partial charge in [0.2, 0.25) is 0 Å². The lowest BCUT2D eigenvalue weighted by Gasteiger charge is -2.53. The normalized spacial score (nSPS) is 62.0. The second kappa shape index (κ2) is 3.59. The summed E-state index contributed by atoms with van der Waals surface area (Å²) in [4.78, 5) is 0. The van der Waals surface area contributed by atoms with Gasteiger partial charge in [-0.15, -0.1) is 0 Å². The monoisotopic (exact) mass is 344 g/mol. The van der Waals surface area contributed by atoms with Gasteiger partial charge in [0.05, 0.1) is 18.6 Å². The minimum atomic E-state index is -0.600. The fourth-order valence-electron chi connectivity index (χ4n) is 7.48. The average molecular weight is 344 g/mol. The van der Waals surface area contributed by atoms with Gasteiger partial charge in [-0.2, -0.15) is 0 Å². The molecule has 5 fully saturated rings. The van der Waals surface area contributed by atoms with Gasteiger partial charge in [0.1, 0.15) is 29.5 Å². The zero-order chi connectivity index (χ0) is 17.0.